The fourth-order valence-corrected chi connectivity index (χ4v) is 2.59. The summed E-state index contributed by atoms with van der Waals surface area (Å²) in [7, 11) is 0. The first kappa shape index (κ1) is 12.1. The van der Waals surface area contributed by atoms with Crippen LogP contribution in [0.4, 0.5) is 4.39 Å². The van der Waals surface area contributed by atoms with Crippen molar-refractivity contribution in [1.29, 1.82) is 0 Å². The quantitative estimate of drug-likeness (QED) is 0.745. The van der Waals surface area contributed by atoms with E-state index in [9.17, 15) is 4.39 Å². The van der Waals surface area contributed by atoms with Gasteiger partial charge in [0.25, 0.3) is 0 Å². The lowest BCUT2D eigenvalue weighted by molar-refractivity contribution is 0.629. The monoisotopic (exact) mass is 274 g/mol. The Morgan fingerprint density at radius 2 is 2.16 bits per heavy atom. The standard InChI is InChI=1S/C13H11FN4S/c1-2-9-6-15-13(18-9)19-12-10-5-8(14)3-4-11(10)16-7-17-12/h3-7H,2H2,1H3,(H,15,18). The van der Waals surface area contributed by atoms with Crippen molar-refractivity contribution in [2.24, 2.45) is 0 Å². The van der Waals surface area contributed by atoms with Gasteiger partial charge in [0.05, 0.1) is 5.52 Å². The summed E-state index contributed by atoms with van der Waals surface area (Å²) < 4.78 is 13.3. The maximum absolute atomic E-state index is 13.3. The van der Waals surface area contributed by atoms with Gasteiger partial charge < -0.3 is 4.98 Å². The minimum Gasteiger partial charge on any atom is -0.337 e. The van der Waals surface area contributed by atoms with Gasteiger partial charge in [-0.25, -0.2) is 19.3 Å². The molecule has 0 atom stereocenters. The Labute approximate surface area is 113 Å². The molecule has 4 nitrogen and oxygen atoms in total. The predicted octanol–water partition coefficient (Wildman–Crippen LogP) is 3.21. The molecule has 0 bridgehead atoms. The number of aromatic amines is 1. The van der Waals surface area contributed by atoms with Gasteiger partial charge in [0.1, 0.15) is 17.2 Å². The molecule has 0 radical (unpaired) electrons. The van der Waals surface area contributed by atoms with Crippen LogP contribution in [0.15, 0.2) is 40.9 Å². The number of aryl methyl sites for hydroxylation is 1. The molecular formula is C13H11FN4S. The Morgan fingerprint density at radius 3 is 2.95 bits per heavy atom. The van der Waals surface area contributed by atoms with Crippen LogP contribution in [0.5, 0.6) is 0 Å². The maximum Gasteiger partial charge on any atom is 0.171 e. The fourth-order valence-electron chi connectivity index (χ4n) is 1.75. The molecule has 0 aliphatic rings. The molecule has 2 heterocycles. The molecule has 0 aliphatic heterocycles. The molecule has 1 aromatic carbocycles. The second-order valence-electron chi connectivity index (χ2n) is 4.01. The van der Waals surface area contributed by atoms with Crippen molar-refractivity contribution in [3.05, 3.63) is 42.2 Å². The summed E-state index contributed by atoms with van der Waals surface area (Å²) in [5, 5.41) is 2.14. The first-order valence-electron chi connectivity index (χ1n) is 5.88. The van der Waals surface area contributed by atoms with E-state index in [0.29, 0.717) is 10.4 Å². The zero-order chi connectivity index (χ0) is 13.2. The zero-order valence-corrected chi connectivity index (χ0v) is 11.0. The van der Waals surface area contributed by atoms with Crippen molar-refractivity contribution in [1.82, 2.24) is 19.9 Å². The Hall–Kier alpha value is -1.95. The smallest absolute Gasteiger partial charge is 0.171 e. The molecule has 0 saturated carbocycles. The highest BCUT2D eigenvalue weighted by molar-refractivity contribution is 7.99. The van der Waals surface area contributed by atoms with E-state index < -0.39 is 0 Å². The normalized spacial score (nSPS) is 11.1. The molecule has 0 fully saturated rings. The molecule has 19 heavy (non-hydrogen) atoms. The van der Waals surface area contributed by atoms with Crippen molar-refractivity contribution >= 4 is 22.7 Å². The molecule has 0 saturated heterocycles. The van der Waals surface area contributed by atoms with Crippen LogP contribution < -0.4 is 0 Å². The topological polar surface area (TPSA) is 54.5 Å². The van der Waals surface area contributed by atoms with Crippen molar-refractivity contribution in [2.75, 3.05) is 0 Å². The van der Waals surface area contributed by atoms with Crippen LogP contribution in [0, 0.1) is 5.82 Å². The van der Waals surface area contributed by atoms with Gasteiger partial charge in [0.15, 0.2) is 5.16 Å². The molecule has 3 rings (SSSR count). The number of benzene rings is 1. The van der Waals surface area contributed by atoms with Crippen molar-refractivity contribution < 1.29 is 4.39 Å². The third-order valence-corrected chi connectivity index (χ3v) is 3.66. The number of hydrogen-bond acceptors (Lipinski definition) is 4. The number of fused-ring (bicyclic) bond motifs is 1. The van der Waals surface area contributed by atoms with E-state index in [2.05, 4.69) is 26.9 Å². The fraction of sp³-hybridized carbons (Fsp3) is 0.154. The van der Waals surface area contributed by atoms with E-state index in [4.69, 9.17) is 0 Å². The Morgan fingerprint density at radius 1 is 1.26 bits per heavy atom. The van der Waals surface area contributed by atoms with E-state index in [0.717, 1.165) is 22.8 Å². The number of imidazole rings is 1. The molecule has 3 aromatic rings. The number of nitrogens with zero attached hydrogens (tertiary/aromatic N) is 3. The molecular weight excluding hydrogens is 263 g/mol. The first-order valence-corrected chi connectivity index (χ1v) is 6.70. The highest BCUT2D eigenvalue weighted by atomic mass is 32.2. The average molecular weight is 274 g/mol. The van der Waals surface area contributed by atoms with Crippen molar-refractivity contribution in [2.45, 2.75) is 23.5 Å². The number of nitrogens with one attached hydrogen (secondary N) is 1. The summed E-state index contributed by atoms with van der Waals surface area (Å²) in [6.07, 6.45) is 4.17. The van der Waals surface area contributed by atoms with E-state index in [1.54, 1.807) is 12.3 Å². The number of rotatable bonds is 3. The predicted molar refractivity (Wildman–Crippen MR) is 71.6 cm³/mol. The third kappa shape index (κ3) is 2.44. The van der Waals surface area contributed by atoms with Crippen LogP contribution >= 0.6 is 11.8 Å². The lowest BCUT2D eigenvalue weighted by Crippen LogP contribution is -1.88. The van der Waals surface area contributed by atoms with Crippen LogP contribution in [0.25, 0.3) is 10.9 Å². The second kappa shape index (κ2) is 4.97. The zero-order valence-electron chi connectivity index (χ0n) is 10.2. The molecule has 0 spiro atoms. The highest BCUT2D eigenvalue weighted by Crippen LogP contribution is 2.29. The number of halogens is 1. The maximum atomic E-state index is 13.3. The third-order valence-electron chi connectivity index (χ3n) is 2.74. The van der Waals surface area contributed by atoms with Crippen LogP contribution in [-0.4, -0.2) is 19.9 Å². The van der Waals surface area contributed by atoms with Crippen LogP contribution in [0.2, 0.25) is 0 Å². The summed E-state index contributed by atoms with van der Waals surface area (Å²) in [6, 6.07) is 4.49. The van der Waals surface area contributed by atoms with E-state index >= 15 is 0 Å². The van der Waals surface area contributed by atoms with Crippen LogP contribution in [-0.2, 0) is 6.42 Å². The lowest BCUT2D eigenvalue weighted by atomic mass is 10.2. The van der Waals surface area contributed by atoms with Gasteiger partial charge >= 0.3 is 0 Å². The number of aromatic nitrogens is 4. The number of hydrogen-bond donors (Lipinski definition) is 1. The minimum atomic E-state index is -0.294. The minimum absolute atomic E-state index is 0.294. The van der Waals surface area contributed by atoms with E-state index in [1.807, 2.05) is 0 Å². The molecule has 6 heteroatoms. The van der Waals surface area contributed by atoms with Crippen molar-refractivity contribution in [3.8, 4) is 0 Å². The average Bonchev–Trinajstić information content (AvgIpc) is 2.87. The Bertz CT molecular complexity index is 725. The Kier molecular flexibility index (Phi) is 3.16. The molecule has 0 unspecified atom stereocenters. The molecule has 1 N–H and O–H groups in total. The summed E-state index contributed by atoms with van der Waals surface area (Å²) >= 11 is 1.38. The largest absolute Gasteiger partial charge is 0.337 e. The van der Waals surface area contributed by atoms with Gasteiger partial charge in [-0.05, 0) is 36.4 Å². The number of H-pyrrole nitrogens is 1. The summed E-state index contributed by atoms with van der Waals surface area (Å²) in [4.78, 5) is 15.8. The van der Waals surface area contributed by atoms with Gasteiger partial charge in [0.2, 0.25) is 0 Å². The molecule has 2 aromatic heterocycles. The molecule has 96 valence electrons. The summed E-state index contributed by atoms with van der Waals surface area (Å²) in [6.45, 7) is 2.05. The van der Waals surface area contributed by atoms with Crippen LogP contribution in [0.3, 0.4) is 0 Å². The van der Waals surface area contributed by atoms with Crippen molar-refractivity contribution in [3.63, 3.8) is 0 Å². The molecule has 0 aliphatic carbocycles. The summed E-state index contributed by atoms with van der Waals surface area (Å²) in [5.74, 6) is -0.294. The summed E-state index contributed by atoms with van der Waals surface area (Å²) in [5.41, 5.74) is 1.79. The van der Waals surface area contributed by atoms with Gasteiger partial charge in [-0.2, -0.15) is 0 Å². The van der Waals surface area contributed by atoms with Gasteiger partial charge in [0, 0.05) is 17.3 Å². The second-order valence-corrected chi connectivity index (χ2v) is 4.99. The Balaban J connectivity index is 2.02. The van der Waals surface area contributed by atoms with Gasteiger partial charge in [-0.1, -0.05) is 6.92 Å². The highest BCUT2D eigenvalue weighted by Gasteiger charge is 2.09. The van der Waals surface area contributed by atoms with Gasteiger partial charge in [-0.3, -0.25) is 0 Å². The van der Waals surface area contributed by atoms with E-state index in [1.165, 1.54) is 30.2 Å². The molecule has 0 amide bonds. The van der Waals surface area contributed by atoms with Crippen LogP contribution in [0.1, 0.15) is 12.6 Å². The van der Waals surface area contributed by atoms with E-state index in [-0.39, 0.29) is 5.82 Å². The van der Waals surface area contributed by atoms with Gasteiger partial charge in [-0.15, -0.1) is 0 Å². The SMILES string of the molecule is CCc1cnc(Sc2ncnc3ccc(F)cc23)[nH]1. The lowest BCUT2D eigenvalue weighted by Gasteiger charge is -2.02. The first-order chi connectivity index (χ1) is 9.26.